The van der Waals surface area contributed by atoms with Crippen molar-refractivity contribution in [2.45, 2.75) is 39.5 Å². The van der Waals surface area contributed by atoms with Gasteiger partial charge < -0.3 is 0 Å². The number of rotatable bonds is 1. The van der Waals surface area contributed by atoms with Crippen LogP contribution in [0.15, 0.2) is 0 Å². The second-order valence-electron chi connectivity index (χ2n) is 4.91. The molecule has 2 atom stereocenters. The second-order valence-corrected chi connectivity index (χ2v) is 6.01. The van der Waals surface area contributed by atoms with Crippen LogP contribution in [0.1, 0.15) is 39.5 Å². The molecule has 2 aliphatic rings. The molecule has 1 aliphatic carbocycles. The van der Waals surface area contributed by atoms with E-state index in [-0.39, 0.29) is 0 Å². The molecule has 0 bridgehead atoms. The highest BCUT2D eigenvalue weighted by Gasteiger charge is 2.45. The zero-order valence-electron chi connectivity index (χ0n) is 8.31. The number of hydrogen-bond acceptors (Lipinski definition) is 1. The Bertz CT molecular complexity index is 151. The maximum Gasteiger partial charge on any atom is -0.000775 e. The van der Waals surface area contributed by atoms with E-state index in [0.29, 0.717) is 0 Å². The average Bonchev–Trinajstić information content (AvgIpc) is 2.61. The standard InChI is InChI=1S/C11H20S/c1-9(2)10-4-3-5-11(10)6-7-12-8-11/h9-10H,3-8H2,1-2H3. The molecule has 0 aromatic heterocycles. The van der Waals surface area contributed by atoms with Gasteiger partial charge in [0.1, 0.15) is 0 Å². The number of thioether (sulfide) groups is 1. The van der Waals surface area contributed by atoms with E-state index in [0.717, 1.165) is 17.3 Å². The van der Waals surface area contributed by atoms with E-state index >= 15 is 0 Å². The third kappa shape index (κ3) is 1.30. The average molecular weight is 184 g/mol. The van der Waals surface area contributed by atoms with Crippen LogP contribution in [-0.2, 0) is 0 Å². The molecule has 1 saturated heterocycles. The zero-order valence-corrected chi connectivity index (χ0v) is 9.12. The molecule has 12 heavy (non-hydrogen) atoms. The molecule has 70 valence electrons. The fraction of sp³-hybridized carbons (Fsp3) is 1.00. The molecular formula is C11H20S. The van der Waals surface area contributed by atoms with E-state index in [1.807, 2.05) is 0 Å². The summed E-state index contributed by atoms with van der Waals surface area (Å²) in [5, 5.41) is 0. The van der Waals surface area contributed by atoms with E-state index in [4.69, 9.17) is 0 Å². The maximum absolute atomic E-state index is 2.42. The minimum atomic E-state index is 0.791. The molecule has 1 heteroatoms. The van der Waals surface area contributed by atoms with Gasteiger partial charge in [0.15, 0.2) is 0 Å². The van der Waals surface area contributed by atoms with E-state index in [2.05, 4.69) is 25.6 Å². The fourth-order valence-corrected chi connectivity index (χ4v) is 4.92. The first kappa shape index (κ1) is 8.93. The van der Waals surface area contributed by atoms with Gasteiger partial charge in [0, 0.05) is 0 Å². The third-order valence-electron chi connectivity index (χ3n) is 3.91. The summed E-state index contributed by atoms with van der Waals surface area (Å²) in [7, 11) is 0. The lowest BCUT2D eigenvalue weighted by Crippen LogP contribution is -2.28. The SMILES string of the molecule is CC(C)C1CCCC12CCSC2. The molecule has 0 amide bonds. The van der Waals surface area contributed by atoms with Crippen molar-refractivity contribution in [3.05, 3.63) is 0 Å². The Hall–Kier alpha value is 0.350. The van der Waals surface area contributed by atoms with E-state index in [9.17, 15) is 0 Å². The smallest absolute Gasteiger partial charge is 0.000775 e. The van der Waals surface area contributed by atoms with Crippen molar-refractivity contribution in [2.75, 3.05) is 11.5 Å². The molecule has 1 aliphatic heterocycles. The lowest BCUT2D eigenvalue weighted by molar-refractivity contribution is 0.183. The van der Waals surface area contributed by atoms with Gasteiger partial charge in [-0.25, -0.2) is 0 Å². The maximum atomic E-state index is 2.42. The van der Waals surface area contributed by atoms with E-state index in [1.54, 1.807) is 0 Å². The predicted molar refractivity (Wildman–Crippen MR) is 56.6 cm³/mol. The summed E-state index contributed by atoms with van der Waals surface area (Å²) in [6.07, 6.45) is 6.06. The van der Waals surface area contributed by atoms with Crippen molar-refractivity contribution in [1.82, 2.24) is 0 Å². The monoisotopic (exact) mass is 184 g/mol. The summed E-state index contributed by atoms with van der Waals surface area (Å²) in [4.78, 5) is 0. The molecule has 0 N–H and O–H groups in total. The van der Waals surface area contributed by atoms with Gasteiger partial charge in [-0.15, -0.1) is 0 Å². The summed E-state index contributed by atoms with van der Waals surface area (Å²) in [6, 6.07) is 0. The first-order valence-electron chi connectivity index (χ1n) is 5.32. The van der Waals surface area contributed by atoms with Crippen LogP contribution in [0.4, 0.5) is 0 Å². The highest BCUT2D eigenvalue weighted by Crippen LogP contribution is 2.54. The molecule has 2 unspecified atom stereocenters. The summed E-state index contributed by atoms with van der Waals surface area (Å²) >= 11 is 2.19. The lowest BCUT2D eigenvalue weighted by Gasteiger charge is -2.33. The van der Waals surface area contributed by atoms with Crippen molar-refractivity contribution >= 4 is 11.8 Å². The summed E-state index contributed by atoms with van der Waals surface area (Å²) < 4.78 is 0. The predicted octanol–water partition coefficient (Wildman–Crippen LogP) is 3.57. The molecule has 0 radical (unpaired) electrons. The van der Waals surface area contributed by atoms with Crippen LogP contribution < -0.4 is 0 Å². The highest BCUT2D eigenvalue weighted by molar-refractivity contribution is 7.99. The fourth-order valence-electron chi connectivity index (χ4n) is 3.32. The molecule has 1 spiro atoms. The largest absolute Gasteiger partial charge is 0.161 e. The Labute approximate surface area is 80.5 Å². The van der Waals surface area contributed by atoms with Crippen LogP contribution in [0.3, 0.4) is 0 Å². The van der Waals surface area contributed by atoms with Gasteiger partial charge in [0.25, 0.3) is 0 Å². The van der Waals surface area contributed by atoms with Gasteiger partial charge in [-0.05, 0) is 48.0 Å². The van der Waals surface area contributed by atoms with Crippen LogP contribution in [-0.4, -0.2) is 11.5 Å². The van der Waals surface area contributed by atoms with E-state index in [1.165, 1.54) is 37.2 Å². The highest BCUT2D eigenvalue weighted by atomic mass is 32.2. The van der Waals surface area contributed by atoms with Crippen molar-refractivity contribution in [2.24, 2.45) is 17.3 Å². The minimum Gasteiger partial charge on any atom is -0.161 e. The summed E-state index contributed by atoms with van der Waals surface area (Å²) in [5.74, 6) is 4.87. The first-order valence-corrected chi connectivity index (χ1v) is 6.48. The van der Waals surface area contributed by atoms with Gasteiger partial charge >= 0.3 is 0 Å². The normalized spacial score (nSPS) is 41.8. The van der Waals surface area contributed by atoms with Gasteiger partial charge in [-0.3, -0.25) is 0 Å². The topological polar surface area (TPSA) is 0 Å². The summed E-state index contributed by atoms with van der Waals surface area (Å²) in [6.45, 7) is 4.83. The molecular weight excluding hydrogens is 164 g/mol. The van der Waals surface area contributed by atoms with Gasteiger partial charge in [0.2, 0.25) is 0 Å². The number of hydrogen-bond donors (Lipinski definition) is 0. The Morgan fingerprint density at radius 2 is 2.17 bits per heavy atom. The van der Waals surface area contributed by atoms with Crippen LogP contribution in [0.5, 0.6) is 0 Å². The van der Waals surface area contributed by atoms with Crippen LogP contribution >= 0.6 is 11.8 Å². The van der Waals surface area contributed by atoms with Gasteiger partial charge in [-0.1, -0.05) is 20.3 Å². The van der Waals surface area contributed by atoms with Gasteiger partial charge in [-0.2, -0.15) is 11.8 Å². The second kappa shape index (κ2) is 3.25. The van der Waals surface area contributed by atoms with Gasteiger partial charge in [0.05, 0.1) is 0 Å². The first-order chi connectivity index (χ1) is 5.75. The molecule has 0 aromatic rings. The Morgan fingerprint density at radius 1 is 1.33 bits per heavy atom. The minimum absolute atomic E-state index is 0.791. The molecule has 1 heterocycles. The van der Waals surface area contributed by atoms with E-state index < -0.39 is 0 Å². The summed E-state index contributed by atoms with van der Waals surface area (Å²) in [5.41, 5.74) is 0.791. The van der Waals surface area contributed by atoms with Crippen LogP contribution in [0, 0.1) is 17.3 Å². The van der Waals surface area contributed by atoms with Crippen molar-refractivity contribution in [1.29, 1.82) is 0 Å². The lowest BCUT2D eigenvalue weighted by atomic mass is 9.72. The molecule has 0 nitrogen and oxygen atoms in total. The zero-order chi connectivity index (χ0) is 8.60. The molecule has 2 rings (SSSR count). The molecule has 2 fully saturated rings. The van der Waals surface area contributed by atoms with Crippen LogP contribution in [0.25, 0.3) is 0 Å². The Kier molecular flexibility index (Phi) is 2.42. The van der Waals surface area contributed by atoms with Crippen molar-refractivity contribution in [3.63, 3.8) is 0 Å². The van der Waals surface area contributed by atoms with Crippen molar-refractivity contribution < 1.29 is 0 Å². The molecule has 1 saturated carbocycles. The Balaban J connectivity index is 2.12. The Morgan fingerprint density at radius 3 is 2.75 bits per heavy atom. The molecule has 0 aromatic carbocycles. The third-order valence-corrected chi connectivity index (χ3v) is 5.19. The van der Waals surface area contributed by atoms with Crippen LogP contribution in [0.2, 0.25) is 0 Å². The van der Waals surface area contributed by atoms with Crippen molar-refractivity contribution in [3.8, 4) is 0 Å². The quantitative estimate of drug-likeness (QED) is 0.600.